The lowest BCUT2D eigenvalue weighted by molar-refractivity contribution is -0.140. The number of rotatable bonds is 7. The lowest BCUT2D eigenvalue weighted by atomic mass is 10.0. The summed E-state index contributed by atoms with van der Waals surface area (Å²) in [4.78, 5) is 22.0. The molecule has 0 aromatic rings. The number of carboxylic acids is 1. The molecular weight excluding hydrogens is 224 g/mol. The van der Waals surface area contributed by atoms with Crippen LogP contribution >= 0.6 is 0 Å². The van der Waals surface area contributed by atoms with Crippen LogP contribution in [0.5, 0.6) is 0 Å². The molecule has 0 aliphatic rings. The van der Waals surface area contributed by atoms with Crippen molar-refractivity contribution in [1.82, 2.24) is 10.6 Å². The molecule has 0 radical (unpaired) electrons. The fraction of sp³-hybridized carbons (Fsp3) is 0.818. The summed E-state index contributed by atoms with van der Waals surface area (Å²) >= 11 is 0. The Hall–Kier alpha value is -1.30. The van der Waals surface area contributed by atoms with Gasteiger partial charge in [-0.15, -0.1) is 0 Å². The number of hydrogen-bond acceptors (Lipinski definition) is 3. The van der Waals surface area contributed by atoms with Crippen LogP contribution in [-0.4, -0.2) is 40.9 Å². The van der Waals surface area contributed by atoms with Crippen molar-refractivity contribution in [1.29, 1.82) is 0 Å². The number of amides is 2. The van der Waals surface area contributed by atoms with Crippen LogP contribution in [0.4, 0.5) is 4.79 Å². The number of aliphatic hydroxyl groups is 1. The molecule has 0 bridgehead atoms. The molecule has 100 valence electrons. The summed E-state index contributed by atoms with van der Waals surface area (Å²) in [5.41, 5.74) is 0. The average Bonchev–Trinajstić information content (AvgIpc) is 2.24. The number of carboxylic acid groups (broad SMARTS) is 1. The third-order valence-electron chi connectivity index (χ3n) is 2.62. The van der Waals surface area contributed by atoms with E-state index >= 15 is 0 Å². The van der Waals surface area contributed by atoms with E-state index in [1.54, 1.807) is 0 Å². The van der Waals surface area contributed by atoms with Gasteiger partial charge in [0.2, 0.25) is 0 Å². The number of carbonyl (C=O) groups is 2. The normalized spacial score (nSPS) is 15.8. The van der Waals surface area contributed by atoms with Gasteiger partial charge in [0.15, 0.2) is 6.04 Å². The minimum atomic E-state index is -1.26. The fourth-order valence-electron chi connectivity index (χ4n) is 1.44. The van der Waals surface area contributed by atoms with E-state index in [2.05, 4.69) is 24.5 Å². The Morgan fingerprint density at radius 3 is 2.24 bits per heavy atom. The van der Waals surface area contributed by atoms with E-state index in [1.165, 1.54) is 0 Å². The second-order valence-corrected chi connectivity index (χ2v) is 4.34. The molecule has 2 amide bonds. The van der Waals surface area contributed by atoms with Crippen LogP contribution in [0.25, 0.3) is 0 Å². The third kappa shape index (κ3) is 6.78. The Labute approximate surface area is 101 Å². The maximum atomic E-state index is 11.4. The van der Waals surface area contributed by atoms with E-state index in [0.29, 0.717) is 5.92 Å². The average molecular weight is 246 g/mol. The first kappa shape index (κ1) is 15.7. The van der Waals surface area contributed by atoms with E-state index < -0.39 is 24.6 Å². The number of nitrogens with one attached hydrogen (secondary N) is 2. The van der Waals surface area contributed by atoms with E-state index in [9.17, 15) is 9.59 Å². The van der Waals surface area contributed by atoms with Gasteiger partial charge in [0.05, 0.1) is 6.61 Å². The van der Waals surface area contributed by atoms with Crippen molar-refractivity contribution in [3.8, 4) is 0 Å². The predicted octanol–water partition coefficient (Wildman–Crippen LogP) is 0.556. The van der Waals surface area contributed by atoms with Gasteiger partial charge >= 0.3 is 12.0 Å². The highest BCUT2D eigenvalue weighted by atomic mass is 16.4. The highest BCUT2D eigenvalue weighted by Crippen LogP contribution is 2.09. The fourth-order valence-corrected chi connectivity index (χ4v) is 1.44. The van der Waals surface area contributed by atoms with Crippen LogP contribution in [0, 0.1) is 5.92 Å². The number of carbonyl (C=O) groups excluding carboxylic acids is 1. The van der Waals surface area contributed by atoms with Gasteiger partial charge in [-0.3, -0.25) is 0 Å². The predicted molar refractivity (Wildman–Crippen MR) is 63.7 cm³/mol. The number of hydrogen-bond donors (Lipinski definition) is 4. The molecule has 2 unspecified atom stereocenters. The van der Waals surface area contributed by atoms with E-state index in [-0.39, 0.29) is 6.04 Å². The van der Waals surface area contributed by atoms with Gasteiger partial charge in [-0.05, 0) is 19.3 Å². The standard InChI is InChI=1S/C11H22N2O4/c1-4-7(2)5-8(3)12-11(17)13-9(6-14)10(15)16/h7-9,14H,4-6H2,1-3H3,(H,15,16)(H2,12,13,17)/t7?,8?,9-/m1/s1. The molecule has 0 aliphatic carbocycles. The lowest BCUT2D eigenvalue weighted by Gasteiger charge is -2.19. The molecule has 0 aromatic heterocycles. The summed E-state index contributed by atoms with van der Waals surface area (Å²) < 4.78 is 0. The molecule has 0 heterocycles. The van der Waals surface area contributed by atoms with Gasteiger partial charge in [-0.25, -0.2) is 9.59 Å². The summed E-state index contributed by atoms with van der Waals surface area (Å²) in [7, 11) is 0. The highest BCUT2D eigenvalue weighted by Gasteiger charge is 2.19. The molecule has 0 aliphatic heterocycles. The molecule has 0 saturated heterocycles. The summed E-state index contributed by atoms with van der Waals surface area (Å²) in [6.45, 7) is 5.40. The zero-order valence-electron chi connectivity index (χ0n) is 10.6. The number of urea groups is 1. The highest BCUT2D eigenvalue weighted by molar-refractivity contribution is 5.82. The first-order valence-electron chi connectivity index (χ1n) is 5.81. The van der Waals surface area contributed by atoms with Gasteiger partial charge < -0.3 is 20.8 Å². The molecule has 4 N–H and O–H groups in total. The number of aliphatic hydroxyl groups excluding tert-OH is 1. The van der Waals surface area contributed by atoms with Crippen LogP contribution in [0.1, 0.15) is 33.6 Å². The van der Waals surface area contributed by atoms with E-state index in [1.807, 2.05) is 6.92 Å². The Bertz CT molecular complexity index is 258. The molecule has 0 aromatic carbocycles. The summed E-state index contributed by atoms with van der Waals surface area (Å²) in [6.07, 6.45) is 1.86. The van der Waals surface area contributed by atoms with Gasteiger partial charge in [-0.1, -0.05) is 20.3 Å². The van der Waals surface area contributed by atoms with Crippen LogP contribution < -0.4 is 10.6 Å². The Balaban J connectivity index is 4.04. The first-order chi connectivity index (χ1) is 7.90. The van der Waals surface area contributed by atoms with Crippen molar-refractivity contribution in [2.75, 3.05) is 6.61 Å². The Morgan fingerprint density at radius 2 is 1.82 bits per heavy atom. The van der Waals surface area contributed by atoms with Crippen LogP contribution in [0.2, 0.25) is 0 Å². The summed E-state index contributed by atoms with van der Waals surface area (Å²) in [6, 6.07) is -1.86. The molecule has 0 fully saturated rings. The van der Waals surface area contributed by atoms with Gasteiger partial charge in [0, 0.05) is 6.04 Å². The van der Waals surface area contributed by atoms with Crippen molar-refractivity contribution >= 4 is 12.0 Å². The van der Waals surface area contributed by atoms with Gasteiger partial charge in [0.25, 0.3) is 0 Å². The van der Waals surface area contributed by atoms with Gasteiger partial charge in [0.1, 0.15) is 0 Å². The molecule has 0 spiro atoms. The van der Waals surface area contributed by atoms with Crippen molar-refractivity contribution in [3.05, 3.63) is 0 Å². The molecule has 17 heavy (non-hydrogen) atoms. The maximum Gasteiger partial charge on any atom is 0.328 e. The second-order valence-electron chi connectivity index (χ2n) is 4.34. The van der Waals surface area contributed by atoms with Crippen LogP contribution in [0.15, 0.2) is 0 Å². The van der Waals surface area contributed by atoms with Gasteiger partial charge in [-0.2, -0.15) is 0 Å². The SMILES string of the molecule is CCC(C)CC(C)NC(=O)N[C@H](CO)C(=O)O. The second kappa shape index (κ2) is 7.89. The van der Waals surface area contributed by atoms with E-state index in [4.69, 9.17) is 10.2 Å². The summed E-state index contributed by atoms with van der Waals surface area (Å²) in [5, 5.41) is 22.2. The van der Waals surface area contributed by atoms with Crippen molar-refractivity contribution < 1.29 is 19.8 Å². The Morgan fingerprint density at radius 1 is 1.24 bits per heavy atom. The molecule has 3 atom stereocenters. The molecule has 0 saturated carbocycles. The van der Waals surface area contributed by atoms with Crippen molar-refractivity contribution in [2.45, 2.75) is 45.7 Å². The monoisotopic (exact) mass is 246 g/mol. The maximum absolute atomic E-state index is 11.4. The molecule has 6 nitrogen and oxygen atoms in total. The van der Waals surface area contributed by atoms with Crippen molar-refractivity contribution in [2.24, 2.45) is 5.92 Å². The van der Waals surface area contributed by atoms with Crippen LogP contribution in [-0.2, 0) is 4.79 Å². The summed E-state index contributed by atoms with van der Waals surface area (Å²) in [5.74, 6) is -0.754. The third-order valence-corrected chi connectivity index (χ3v) is 2.62. The topological polar surface area (TPSA) is 98.7 Å². The minimum absolute atomic E-state index is 0.0295. The smallest absolute Gasteiger partial charge is 0.328 e. The molecular formula is C11H22N2O4. The molecule has 0 rings (SSSR count). The lowest BCUT2D eigenvalue weighted by Crippen LogP contribution is -2.50. The van der Waals surface area contributed by atoms with E-state index in [0.717, 1.165) is 12.8 Å². The Kier molecular flexibility index (Phi) is 7.29. The quantitative estimate of drug-likeness (QED) is 0.527. The van der Waals surface area contributed by atoms with Crippen molar-refractivity contribution in [3.63, 3.8) is 0 Å². The largest absolute Gasteiger partial charge is 0.480 e. The van der Waals surface area contributed by atoms with Crippen LogP contribution in [0.3, 0.4) is 0 Å². The number of aliphatic carboxylic acids is 1. The zero-order chi connectivity index (χ0) is 13.4. The first-order valence-corrected chi connectivity index (χ1v) is 5.81. The molecule has 6 heteroatoms. The zero-order valence-corrected chi connectivity index (χ0v) is 10.6. The minimum Gasteiger partial charge on any atom is -0.480 e.